The predicted molar refractivity (Wildman–Crippen MR) is 124 cm³/mol. The fourth-order valence-corrected chi connectivity index (χ4v) is 4.63. The molecule has 0 saturated carbocycles. The summed E-state index contributed by atoms with van der Waals surface area (Å²) in [5.41, 5.74) is 3.97. The minimum Gasteiger partial charge on any atom is -0.478 e. The molecule has 158 valence electrons. The number of fused-ring (bicyclic) bond motifs is 3. The molecule has 1 aliphatic rings. The monoisotopic (exact) mass is 462 g/mol. The van der Waals surface area contributed by atoms with Gasteiger partial charge in [0.15, 0.2) is 0 Å². The second-order valence-corrected chi connectivity index (χ2v) is 8.62. The van der Waals surface area contributed by atoms with Crippen molar-refractivity contribution in [3.8, 4) is 22.5 Å². The Morgan fingerprint density at radius 3 is 2.50 bits per heavy atom. The summed E-state index contributed by atoms with van der Waals surface area (Å²) in [7, 11) is 0. The Bertz CT molecular complexity index is 1400. The summed E-state index contributed by atoms with van der Waals surface area (Å²) in [5.74, 6) is -0.953. The fourth-order valence-electron chi connectivity index (χ4n) is 3.70. The molecule has 0 aliphatic heterocycles. The van der Waals surface area contributed by atoms with Gasteiger partial charge in [-0.05, 0) is 23.6 Å². The number of hydrogen-bond acceptors (Lipinski definition) is 6. The topological polar surface area (TPSA) is 105 Å². The van der Waals surface area contributed by atoms with Gasteiger partial charge < -0.3 is 10.4 Å². The molecule has 9 heteroatoms. The van der Waals surface area contributed by atoms with Gasteiger partial charge in [-0.3, -0.25) is 4.79 Å². The average molecular weight is 463 g/mol. The molecule has 0 unspecified atom stereocenters. The Morgan fingerprint density at radius 1 is 1.00 bits per heavy atom. The van der Waals surface area contributed by atoms with E-state index in [1.807, 2.05) is 24.3 Å². The van der Waals surface area contributed by atoms with Crippen LogP contribution in [0.2, 0.25) is 5.02 Å². The number of hydrogen-bond donors (Lipinski definition) is 2. The Morgan fingerprint density at radius 2 is 1.75 bits per heavy atom. The van der Waals surface area contributed by atoms with Gasteiger partial charge in [-0.15, -0.1) is 10.2 Å². The maximum atomic E-state index is 12.3. The molecule has 0 fully saturated rings. The van der Waals surface area contributed by atoms with E-state index in [0.717, 1.165) is 33.3 Å². The van der Waals surface area contributed by atoms with Crippen LogP contribution in [0.15, 0.2) is 59.8 Å². The van der Waals surface area contributed by atoms with Crippen LogP contribution in [0.3, 0.4) is 0 Å². The van der Waals surface area contributed by atoms with Crippen molar-refractivity contribution < 1.29 is 14.7 Å². The highest BCUT2D eigenvalue weighted by atomic mass is 35.5. The molecule has 1 amide bonds. The number of nitrogens with one attached hydrogen (secondary N) is 1. The zero-order valence-corrected chi connectivity index (χ0v) is 18.1. The Labute approximate surface area is 191 Å². The summed E-state index contributed by atoms with van der Waals surface area (Å²) < 4.78 is 0. The Kier molecular flexibility index (Phi) is 5.24. The standard InChI is InChI=1S/C23H15ClN4O3S/c24-17-8-7-13(11-16(17)22(30)31)25-18(29)9-10-32-23-26-20-14-5-1-3-12-4-2-6-15(19(12)14)21(20)27-28-23/h1-8,11H,9-10H2,(H,25,29)(H,30,31). The van der Waals surface area contributed by atoms with Crippen LogP contribution in [0.25, 0.3) is 33.3 Å². The first-order valence-corrected chi connectivity index (χ1v) is 11.1. The molecule has 0 radical (unpaired) electrons. The number of rotatable bonds is 6. The van der Waals surface area contributed by atoms with E-state index in [-0.39, 0.29) is 22.9 Å². The third-order valence-electron chi connectivity index (χ3n) is 5.12. The van der Waals surface area contributed by atoms with Gasteiger partial charge in [-0.1, -0.05) is 59.8 Å². The first kappa shape index (κ1) is 20.4. The first-order valence-electron chi connectivity index (χ1n) is 9.74. The second-order valence-electron chi connectivity index (χ2n) is 7.15. The number of thioether (sulfide) groups is 1. The lowest BCUT2D eigenvalue weighted by atomic mass is 10.0. The zero-order valence-electron chi connectivity index (χ0n) is 16.5. The van der Waals surface area contributed by atoms with Crippen LogP contribution in [0, 0.1) is 0 Å². The van der Waals surface area contributed by atoms with E-state index in [0.29, 0.717) is 16.6 Å². The van der Waals surface area contributed by atoms with Crippen molar-refractivity contribution in [3.05, 3.63) is 65.2 Å². The third kappa shape index (κ3) is 3.68. The first-order chi connectivity index (χ1) is 15.5. The second kappa shape index (κ2) is 8.22. The molecule has 0 saturated heterocycles. The summed E-state index contributed by atoms with van der Waals surface area (Å²) >= 11 is 7.20. The van der Waals surface area contributed by atoms with Crippen molar-refractivity contribution in [2.45, 2.75) is 11.6 Å². The van der Waals surface area contributed by atoms with Gasteiger partial charge >= 0.3 is 5.97 Å². The molecule has 0 bridgehead atoms. The number of carboxylic acids is 1. The van der Waals surface area contributed by atoms with Crippen molar-refractivity contribution in [2.24, 2.45) is 0 Å². The van der Waals surface area contributed by atoms with Gasteiger partial charge in [0.25, 0.3) is 0 Å². The van der Waals surface area contributed by atoms with E-state index < -0.39 is 5.97 Å². The molecule has 0 atom stereocenters. The van der Waals surface area contributed by atoms with Crippen LogP contribution in [-0.4, -0.2) is 37.9 Å². The van der Waals surface area contributed by atoms with Gasteiger partial charge in [-0.2, -0.15) is 0 Å². The van der Waals surface area contributed by atoms with E-state index >= 15 is 0 Å². The highest BCUT2D eigenvalue weighted by molar-refractivity contribution is 7.99. The molecule has 2 N–H and O–H groups in total. The number of nitrogens with zero attached hydrogens (tertiary/aromatic N) is 3. The van der Waals surface area contributed by atoms with Crippen molar-refractivity contribution in [1.29, 1.82) is 0 Å². The zero-order chi connectivity index (χ0) is 22.2. The molecule has 4 aromatic rings. The van der Waals surface area contributed by atoms with Crippen molar-refractivity contribution in [3.63, 3.8) is 0 Å². The summed E-state index contributed by atoms with van der Waals surface area (Å²) in [6.45, 7) is 0. The maximum Gasteiger partial charge on any atom is 0.337 e. The van der Waals surface area contributed by atoms with Crippen molar-refractivity contribution in [2.75, 3.05) is 11.1 Å². The van der Waals surface area contributed by atoms with Crippen molar-refractivity contribution >= 4 is 51.7 Å². The van der Waals surface area contributed by atoms with Crippen molar-refractivity contribution in [1.82, 2.24) is 15.2 Å². The fraction of sp³-hybridized carbons (Fsp3) is 0.0870. The largest absolute Gasteiger partial charge is 0.478 e. The number of carbonyl (C=O) groups is 2. The van der Waals surface area contributed by atoms with Crippen LogP contribution < -0.4 is 5.32 Å². The lowest BCUT2D eigenvalue weighted by Crippen LogP contribution is -2.13. The van der Waals surface area contributed by atoms with Gasteiger partial charge in [0, 0.05) is 34.4 Å². The van der Waals surface area contributed by atoms with Crippen LogP contribution in [-0.2, 0) is 4.79 Å². The number of anilines is 1. The van der Waals surface area contributed by atoms with Gasteiger partial charge in [0.05, 0.1) is 10.6 Å². The maximum absolute atomic E-state index is 12.3. The lowest BCUT2D eigenvalue weighted by molar-refractivity contribution is -0.115. The average Bonchev–Trinajstić information content (AvgIpc) is 3.10. The Hall–Kier alpha value is -3.49. The van der Waals surface area contributed by atoms with E-state index in [4.69, 9.17) is 21.7 Å². The summed E-state index contributed by atoms with van der Waals surface area (Å²) in [6.07, 6.45) is 0.200. The molecule has 7 nitrogen and oxygen atoms in total. The number of aromatic carboxylic acids is 1. The molecule has 1 aromatic heterocycles. The number of carboxylic acid groups (broad SMARTS) is 1. The molecule has 1 aliphatic carbocycles. The van der Waals surface area contributed by atoms with Crippen LogP contribution in [0.1, 0.15) is 16.8 Å². The molecule has 0 spiro atoms. The van der Waals surface area contributed by atoms with Crippen LogP contribution >= 0.6 is 23.4 Å². The number of halogens is 1. The number of carbonyl (C=O) groups excluding carboxylic acids is 1. The van der Waals surface area contributed by atoms with E-state index in [2.05, 4.69) is 27.6 Å². The normalized spacial score (nSPS) is 11.4. The third-order valence-corrected chi connectivity index (χ3v) is 6.29. The molecular weight excluding hydrogens is 448 g/mol. The minimum atomic E-state index is -1.15. The molecule has 32 heavy (non-hydrogen) atoms. The summed E-state index contributed by atoms with van der Waals surface area (Å²) in [4.78, 5) is 28.1. The summed E-state index contributed by atoms with van der Waals surface area (Å²) in [5, 5.41) is 23.4. The lowest BCUT2D eigenvalue weighted by Gasteiger charge is -2.07. The van der Waals surface area contributed by atoms with Gasteiger partial charge in [-0.25, -0.2) is 9.78 Å². The molecule has 5 rings (SSSR count). The number of benzene rings is 3. The summed E-state index contributed by atoms with van der Waals surface area (Å²) in [6, 6.07) is 16.5. The van der Waals surface area contributed by atoms with E-state index in [1.165, 1.54) is 23.9 Å². The molecule has 1 heterocycles. The van der Waals surface area contributed by atoms with Gasteiger partial charge in [0.1, 0.15) is 11.4 Å². The highest BCUT2D eigenvalue weighted by Crippen LogP contribution is 2.44. The SMILES string of the molecule is O=C(CCSc1nnc2c(n1)-c1cccc3cccc-2c13)Nc1ccc(Cl)c(C(=O)O)c1. The molecule has 3 aromatic carbocycles. The van der Waals surface area contributed by atoms with Gasteiger partial charge in [0.2, 0.25) is 11.1 Å². The highest BCUT2D eigenvalue weighted by Gasteiger charge is 2.24. The predicted octanol–water partition coefficient (Wildman–Crippen LogP) is 5.14. The quantitative estimate of drug-likeness (QED) is 0.336. The number of aromatic nitrogens is 3. The van der Waals surface area contributed by atoms with E-state index in [9.17, 15) is 9.59 Å². The van der Waals surface area contributed by atoms with E-state index in [1.54, 1.807) is 6.07 Å². The minimum absolute atomic E-state index is 0.0625. The Balaban J connectivity index is 1.26. The molecular formula is C23H15ClN4O3S. The van der Waals surface area contributed by atoms with Crippen LogP contribution in [0.4, 0.5) is 5.69 Å². The van der Waals surface area contributed by atoms with Crippen LogP contribution in [0.5, 0.6) is 0 Å². The smallest absolute Gasteiger partial charge is 0.337 e. The number of amides is 1.